The second-order valence-electron chi connectivity index (χ2n) is 28.5. The van der Waals surface area contributed by atoms with Crippen molar-refractivity contribution in [2.45, 2.75) is 97.0 Å². The van der Waals surface area contributed by atoms with Gasteiger partial charge in [0.2, 0.25) is 0 Å². The Morgan fingerprint density at radius 2 is 0.800 bits per heavy atom. The van der Waals surface area contributed by atoms with E-state index in [0.29, 0.717) is 22.8 Å². The molecule has 0 aliphatic heterocycles. The summed E-state index contributed by atoms with van der Waals surface area (Å²) in [5, 5.41) is 5.27. The first-order valence-electron chi connectivity index (χ1n) is 31.0. The summed E-state index contributed by atoms with van der Waals surface area (Å²) in [6, 6.07) is 58.3. The molecule has 2 unspecified atom stereocenters. The summed E-state index contributed by atoms with van der Waals surface area (Å²) >= 11 is 0. The monoisotopic (exact) mass is 1270 g/mol. The van der Waals surface area contributed by atoms with Crippen LogP contribution in [-0.2, 0) is 12.4 Å². The van der Waals surface area contributed by atoms with Gasteiger partial charge in [-0.1, -0.05) is 263 Å². The molecular formula is C78H76F6N2Si4. The molecule has 12 rings (SSSR count). The van der Waals surface area contributed by atoms with Crippen LogP contribution in [0.4, 0.5) is 49.1 Å². The van der Waals surface area contributed by atoms with Crippen molar-refractivity contribution >= 4 is 75.8 Å². The van der Waals surface area contributed by atoms with Crippen LogP contribution >= 0.6 is 0 Å². The van der Waals surface area contributed by atoms with E-state index in [2.05, 4.69) is 259 Å². The van der Waals surface area contributed by atoms with Crippen molar-refractivity contribution in [3.63, 3.8) is 0 Å². The maximum absolute atomic E-state index is 15.1. The zero-order valence-corrected chi connectivity index (χ0v) is 57.3. The highest BCUT2D eigenvalue weighted by atomic mass is 28.3. The number of hydrogen-bond donors (Lipinski definition) is 0. The predicted octanol–water partition coefficient (Wildman–Crippen LogP) is 20.7. The Labute approximate surface area is 531 Å². The van der Waals surface area contributed by atoms with Crippen LogP contribution in [0.25, 0.3) is 44.5 Å². The van der Waals surface area contributed by atoms with E-state index in [9.17, 15) is 0 Å². The molecule has 0 saturated carbocycles. The zero-order valence-electron chi connectivity index (χ0n) is 53.3. The van der Waals surface area contributed by atoms with Crippen LogP contribution < -0.4 is 30.5 Å². The largest absolute Gasteiger partial charge is 0.416 e. The van der Waals surface area contributed by atoms with Crippen molar-refractivity contribution < 1.29 is 26.3 Å². The van der Waals surface area contributed by atoms with E-state index in [0.717, 1.165) is 90.2 Å². The Hall–Kier alpha value is -8.01. The van der Waals surface area contributed by atoms with Crippen molar-refractivity contribution in [1.29, 1.82) is 0 Å². The average Bonchev–Trinajstić information content (AvgIpc) is 0.735. The number of anilines is 4. The number of hydrogen-bond acceptors (Lipinski definition) is 2. The second kappa shape index (κ2) is 23.0. The summed E-state index contributed by atoms with van der Waals surface area (Å²) in [5.41, 5.74) is 13.7. The molecular weight excluding hydrogens is 1190 g/mol. The van der Waals surface area contributed by atoms with Gasteiger partial charge in [-0.3, -0.25) is 0 Å². The van der Waals surface area contributed by atoms with E-state index in [1.54, 1.807) is 12.1 Å². The van der Waals surface area contributed by atoms with Crippen molar-refractivity contribution in [1.82, 2.24) is 0 Å². The summed E-state index contributed by atoms with van der Waals surface area (Å²) < 4.78 is 90.5. The van der Waals surface area contributed by atoms with Gasteiger partial charge >= 0.3 is 12.4 Å². The summed E-state index contributed by atoms with van der Waals surface area (Å²) in [6.45, 7) is 27.9. The van der Waals surface area contributed by atoms with Crippen LogP contribution in [-0.4, -0.2) is 38.3 Å². The topological polar surface area (TPSA) is 6.48 Å². The SMILES string of the molecule is C[Si](C)(C)c1ccc(-c2ccc(N(C3=C4C=CC5=C6C(=CC=C(C=C3)C46)C(N(c3cccc(C(F)(F)F)c3)c3ccc(-c4ccc([Si](C)(C)C)cc4)cc3-c3ccc([Si](C)(C)C)cc3)C=C5)c3cccc(C(F)(F)F)c3)c(-c3ccc([Si](C)(C)C)cc3)c2)cc1. The molecule has 2 atom stereocenters. The molecule has 90 heavy (non-hydrogen) atoms. The number of halogens is 6. The molecule has 0 bridgehead atoms. The van der Waals surface area contributed by atoms with Crippen LogP contribution in [0, 0.1) is 5.92 Å². The summed E-state index contributed by atoms with van der Waals surface area (Å²) in [7, 11) is -6.69. The van der Waals surface area contributed by atoms with Crippen LogP contribution in [0.5, 0.6) is 0 Å². The molecule has 8 aromatic rings. The first-order valence-corrected chi connectivity index (χ1v) is 45.0. The summed E-state index contributed by atoms with van der Waals surface area (Å²) in [4.78, 5) is 4.06. The third-order valence-electron chi connectivity index (χ3n) is 18.1. The Bertz CT molecular complexity index is 4340. The van der Waals surface area contributed by atoms with Gasteiger partial charge in [-0.2, -0.15) is 26.3 Å². The highest BCUT2D eigenvalue weighted by Gasteiger charge is 2.42. The van der Waals surface area contributed by atoms with Gasteiger partial charge in [0.25, 0.3) is 0 Å². The molecule has 4 aliphatic carbocycles. The molecule has 0 aromatic heterocycles. The average molecular weight is 1270 g/mol. The van der Waals surface area contributed by atoms with Gasteiger partial charge in [-0.05, 0) is 128 Å². The molecule has 2 nitrogen and oxygen atoms in total. The Morgan fingerprint density at radius 1 is 0.378 bits per heavy atom. The van der Waals surface area contributed by atoms with Crippen LogP contribution in [0.2, 0.25) is 78.6 Å². The summed E-state index contributed by atoms with van der Waals surface area (Å²) in [5.74, 6) is -0.396. The zero-order chi connectivity index (χ0) is 64.0. The fourth-order valence-electron chi connectivity index (χ4n) is 13.0. The van der Waals surface area contributed by atoms with Crippen LogP contribution in [0.3, 0.4) is 0 Å². The third-order valence-corrected chi connectivity index (χ3v) is 26.4. The minimum absolute atomic E-state index is 0.342. The molecule has 0 heterocycles. The quantitative estimate of drug-likeness (QED) is 0.0791. The van der Waals surface area contributed by atoms with Gasteiger partial charge in [0.05, 0.1) is 60.8 Å². The standard InChI is InChI=1S/C78H76F6N2Si4/c1-87(2,3)63-33-19-51(20-34-63)57-31-45-73(69(47-57)53-23-37-65(38-24-53)89(7,8)9)85(61-17-13-15-59(49-61)77(79,80)81)71-43-29-55-28-42-68-72(44-30-56-27-41-67(71)75(55)76(56)68)86(62-18-14-16-60(50-62)78(82,83)84)74-46-32-58(52-21-35-64(36-22-52)88(4,5)6)48-70(74)54-25-39-66(40-26-54)90(10,11)12/h13-50,71,76H,1-12H3. The number of rotatable bonds is 14. The van der Waals surface area contributed by atoms with Gasteiger partial charge in [0.1, 0.15) is 0 Å². The maximum Gasteiger partial charge on any atom is 0.416 e. The number of allylic oxidation sites excluding steroid dienone is 10. The van der Waals surface area contributed by atoms with E-state index in [1.807, 2.05) is 11.0 Å². The molecule has 0 N–H and O–H groups in total. The first kappa shape index (κ1) is 62.2. The molecule has 0 spiro atoms. The van der Waals surface area contributed by atoms with Gasteiger partial charge in [-0.25, -0.2) is 0 Å². The molecule has 0 fully saturated rings. The molecule has 12 heteroatoms. The summed E-state index contributed by atoms with van der Waals surface area (Å²) in [6.07, 6.45) is 7.44. The molecule has 4 aliphatic rings. The van der Waals surface area contributed by atoms with E-state index < -0.39 is 67.7 Å². The lowest BCUT2D eigenvalue weighted by atomic mass is 9.67. The minimum atomic E-state index is -4.63. The molecule has 0 radical (unpaired) electrons. The molecule has 0 saturated heterocycles. The minimum Gasteiger partial charge on any atom is -0.330 e. The van der Waals surface area contributed by atoms with E-state index in [1.165, 1.54) is 45.0 Å². The number of nitrogens with zero attached hydrogens (tertiary/aromatic N) is 2. The second-order valence-corrected chi connectivity index (χ2v) is 48.8. The van der Waals surface area contributed by atoms with Crippen molar-refractivity contribution in [3.05, 3.63) is 275 Å². The highest BCUT2D eigenvalue weighted by molar-refractivity contribution is 6.90. The highest BCUT2D eigenvalue weighted by Crippen LogP contribution is 2.54. The van der Waals surface area contributed by atoms with Gasteiger partial charge in [0, 0.05) is 34.1 Å². The lowest BCUT2D eigenvalue weighted by molar-refractivity contribution is -0.138. The molecule has 0 amide bonds. The van der Waals surface area contributed by atoms with Crippen molar-refractivity contribution in [3.8, 4) is 44.5 Å². The maximum atomic E-state index is 15.1. The lowest BCUT2D eigenvalue weighted by Crippen LogP contribution is -2.38. The van der Waals surface area contributed by atoms with E-state index in [-0.39, 0.29) is 0 Å². The lowest BCUT2D eigenvalue weighted by Gasteiger charge is -2.44. The Morgan fingerprint density at radius 3 is 1.27 bits per heavy atom. The third kappa shape index (κ3) is 12.2. The van der Waals surface area contributed by atoms with Crippen molar-refractivity contribution in [2.24, 2.45) is 5.92 Å². The Balaban J connectivity index is 1.04. The smallest absolute Gasteiger partial charge is 0.330 e. The Kier molecular flexibility index (Phi) is 15.9. The number of alkyl halides is 6. The molecule has 8 aromatic carbocycles. The van der Waals surface area contributed by atoms with Crippen molar-refractivity contribution in [2.75, 3.05) is 9.80 Å². The normalized spacial score (nSPS) is 16.7. The predicted molar refractivity (Wildman–Crippen MR) is 379 cm³/mol. The van der Waals surface area contributed by atoms with Gasteiger partial charge in [0.15, 0.2) is 0 Å². The fourth-order valence-corrected chi connectivity index (χ4v) is 17.6. The first-order chi connectivity index (χ1) is 42.4. The number of benzene rings is 8. The van der Waals surface area contributed by atoms with Gasteiger partial charge < -0.3 is 9.80 Å². The van der Waals surface area contributed by atoms with Gasteiger partial charge in [-0.15, -0.1) is 0 Å². The van der Waals surface area contributed by atoms with Crippen LogP contribution in [0.1, 0.15) is 11.1 Å². The van der Waals surface area contributed by atoms with E-state index >= 15 is 26.3 Å². The fraction of sp³-hybridized carbons (Fsp3) is 0.205. The van der Waals surface area contributed by atoms with E-state index in [4.69, 9.17) is 0 Å². The van der Waals surface area contributed by atoms with Crippen LogP contribution in [0.15, 0.2) is 264 Å². The molecule has 456 valence electrons.